The van der Waals surface area contributed by atoms with E-state index in [9.17, 15) is 9.59 Å². The molecule has 21 heavy (non-hydrogen) atoms. The highest BCUT2D eigenvalue weighted by Gasteiger charge is 2.45. The molecule has 0 amide bonds. The summed E-state index contributed by atoms with van der Waals surface area (Å²) in [6.45, 7) is 6.38. The second kappa shape index (κ2) is 6.43. The Bertz CT molecular complexity index is 469. The van der Waals surface area contributed by atoms with Crippen LogP contribution in [0.4, 0.5) is 0 Å². The Kier molecular flexibility index (Phi) is 4.83. The fraction of sp³-hybridized carbons (Fsp3) is 0.625. The van der Waals surface area contributed by atoms with Crippen LogP contribution in [0.5, 0.6) is 0 Å². The highest BCUT2D eigenvalue weighted by atomic mass is 16.6. The molecule has 1 heterocycles. The van der Waals surface area contributed by atoms with E-state index in [1.807, 2.05) is 6.92 Å². The lowest BCUT2D eigenvalue weighted by Gasteiger charge is -2.15. The van der Waals surface area contributed by atoms with Crippen LogP contribution in [0.3, 0.4) is 0 Å². The fourth-order valence-electron chi connectivity index (χ4n) is 2.32. The quantitative estimate of drug-likeness (QED) is 0.306. The van der Waals surface area contributed by atoms with Crippen LogP contribution in [0.2, 0.25) is 0 Å². The number of carboxylic acid groups (broad SMARTS) is 1. The topological polar surface area (TPSA) is 76.1 Å². The molecule has 1 atom stereocenters. The summed E-state index contributed by atoms with van der Waals surface area (Å²) in [4.78, 5) is 23.2. The summed E-state index contributed by atoms with van der Waals surface area (Å²) in [5, 5.41) is 9.16. The standard InChI is InChI=1S/C16H22O5/c1-3-6-16(7-8-16)21-15(19)11(2)9-12(14(17)18)4-5-13-10-20-13/h9,13H,2-8,10H2,1H3,(H,17,18). The first-order chi connectivity index (χ1) is 9.96. The molecule has 1 aliphatic heterocycles. The Labute approximate surface area is 124 Å². The van der Waals surface area contributed by atoms with Crippen LogP contribution in [-0.2, 0) is 19.1 Å². The number of carboxylic acids is 1. The van der Waals surface area contributed by atoms with E-state index in [2.05, 4.69) is 6.58 Å². The van der Waals surface area contributed by atoms with Crippen LogP contribution >= 0.6 is 0 Å². The number of ether oxygens (including phenoxy) is 2. The summed E-state index contributed by atoms with van der Waals surface area (Å²) in [5.41, 5.74) is -0.0484. The van der Waals surface area contributed by atoms with Gasteiger partial charge < -0.3 is 14.6 Å². The maximum absolute atomic E-state index is 12.0. The summed E-state index contributed by atoms with van der Waals surface area (Å²) in [5.74, 6) is -1.54. The Balaban J connectivity index is 1.90. The Morgan fingerprint density at radius 2 is 2.14 bits per heavy atom. The highest BCUT2D eigenvalue weighted by Crippen LogP contribution is 2.44. The van der Waals surface area contributed by atoms with Gasteiger partial charge in [0.15, 0.2) is 0 Å². The van der Waals surface area contributed by atoms with Crippen LogP contribution in [-0.4, -0.2) is 35.4 Å². The Morgan fingerprint density at radius 3 is 2.62 bits per heavy atom. The number of hydrogen-bond donors (Lipinski definition) is 1. The molecule has 0 aromatic heterocycles. The second-order valence-electron chi connectivity index (χ2n) is 5.82. The largest absolute Gasteiger partial charge is 0.478 e. The molecular weight excluding hydrogens is 272 g/mol. The van der Waals surface area contributed by atoms with E-state index in [1.54, 1.807) is 0 Å². The average molecular weight is 294 g/mol. The van der Waals surface area contributed by atoms with E-state index >= 15 is 0 Å². The normalized spacial score (nSPS) is 22.5. The van der Waals surface area contributed by atoms with Gasteiger partial charge in [0.2, 0.25) is 0 Å². The summed E-state index contributed by atoms with van der Waals surface area (Å²) < 4.78 is 10.5. The number of epoxide rings is 1. The monoisotopic (exact) mass is 294 g/mol. The molecule has 0 aromatic rings. The number of aliphatic carboxylic acids is 1. The zero-order chi connectivity index (χ0) is 15.5. The van der Waals surface area contributed by atoms with E-state index in [-0.39, 0.29) is 22.9 Å². The average Bonchev–Trinajstić information content (AvgIpc) is 3.31. The van der Waals surface area contributed by atoms with Crippen molar-refractivity contribution in [1.29, 1.82) is 0 Å². The van der Waals surface area contributed by atoms with Crippen LogP contribution in [0.25, 0.3) is 0 Å². The van der Waals surface area contributed by atoms with Gasteiger partial charge in [-0.2, -0.15) is 0 Å². The molecule has 0 spiro atoms. The van der Waals surface area contributed by atoms with Gasteiger partial charge in [-0.25, -0.2) is 9.59 Å². The molecule has 1 N–H and O–H groups in total. The highest BCUT2D eigenvalue weighted by molar-refractivity contribution is 5.95. The maximum atomic E-state index is 12.0. The zero-order valence-corrected chi connectivity index (χ0v) is 12.4. The van der Waals surface area contributed by atoms with Gasteiger partial charge in [0.05, 0.1) is 18.3 Å². The van der Waals surface area contributed by atoms with Crippen molar-refractivity contribution in [2.24, 2.45) is 0 Å². The first kappa shape index (κ1) is 15.8. The van der Waals surface area contributed by atoms with E-state index in [4.69, 9.17) is 14.6 Å². The molecule has 1 saturated carbocycles. The number of esters is 1. The van der Waals surface area contributed by atoms with Crippen LogP contribution in [0, 0.1) is 0 Å². The maximum Gasteiger partial charge on any atom is 0.338 e. The van der Waals surface area contributed by atoms with Crippen molar-refractivity contribution < 1.29 is 24.2 Å². The van der Waals surface area contributed by atoms with Crippen molar-refractivity contribution >= 4 is 11.9 Å². The lowest BCUT2D eigenvalue weighted by atomic mass is 10.1. The van der Waals surface area contributed by atoms with Gasteiger partial charge in [-0.1, -0.05) is 19.9 Å². The zero-order valence-electron chi connectivity index (χ0n) is 12.4. The molecule has 116 valence electrons. The van der Waals surface area contributed by atoms with Crippen molar-refractivity contribution in [3.63, 3.8) is 0 Å². The van der Waals surface area contributed by atoms with E-state index in [0.717, 1.165) is 25.7 Å². The SMILES string of the molecule is C=C(C=C(CCC1CO1)C(=O)O)C(=O)OC1(CCC)CC1. The Hall–Kier alpha value is -1.62. The molecule has 1 saturated heterocycles. The number of carbonyl (C=O) groups is 2. The minimum atomic E-state index is -1.03. The van der Waals surface area contributed by atoms with Crippen molar-refractivity contribution in [3.8, 4) is 0 Å². The third-order valence-corrected chi connectivity index (χ3v) is 3.85. The lowest BCUT2D eigenvalue weighted by molar-refractivity contribution is -0.146. The molecule has 0 aromatic carbocycles. The molecule has 1 unspecified atom stereocenters. The number of carbonyl (C=O) groups excluding carboxylic acids is 1. The fourth-order valence-corrected chi connectivity index (χ4v) is 2.32. The molecule has 5 nitrogen and oxygen atoms in total. The van der Waals surface area contributed by atoms with E-state index in [1.165, 1.54) is 6.08 Å². The van der Waals surface area contributed by atoms with E-state index < -0.39 is 11.9 Å². The first-order valence-electron chi connectivity index (χ1n) is 7.43. The molecule has 0 radical (unpaired) electrons. The molecule has 1 aliphatic carbocycles. The Morgan fingerprint density at radius 1 is 1.48 bits per heavy atom. The minimum absolute atomic E-state index is 0.103. The summed E-state index contributed by atoms with van der Waals surface area (Å²) in [6, 6.07) is 0. The van der Waals surface area contributed by atoms with Crippen molar-refractivity contribution in [2.45, 2.75) is 57.2 Å². The van der Waals surface area contributed by atoms with Gasteiger partial charge in [0, 0.05) is 5.57 Å². The van der Waals surface area contributed by atoms with Crippen molar-refractivity contribution in [3.05, 3.63) is 23.8 Å². The summed E-state index contributed by atoms with van der Waals surface area (Å²) >= 11 is 0. The third-order valence-electron chi connectivity index (χ3n) is 3.85. The van der Waals surface area contributed by atoms with Gasteiger partial charge in [-0.3, -0.25) is 0 Å². The lowest BCUT2D eigenvalue weighted by Crippen LogP contribution is -2.20. The van der Waals surface area contributed by atoms with Gasteiger partial charge in [-0.05, 0) is 38.2 Å². The van der Waals surface area contributed by atoms with Gasteiger partial charge >= 0.3 is 11.9 Å². The predicted octanol–water partition coefficient (Wildman–Crippen LogP) is 2.61. The second-order valence-corrected chi connectivity index (χ2v) is 5.82. The van der Waals surface area contributed by atoms with Crippen LogP contribution in [0.1, 0.15) is 45.4 Å². The molecule has 0 bridgehead atoms. The van der Waals surface area contributed by atoms with E-state index in [0.29, 0.717) is 19.4 Å². The predicted molar refractivity (Wildman–Crippen MR) is 76.8 cm³/mol. The molecule has 5 heteroatoms. The van der Waals surface area contributed by atoms with Crippen molar-refractivity contribution in [1.82, 2.24) is 0 Å². The first-order valence-corrected chi connectivity index (χ1v) is 7.43. The van der Waals surface area contributed by atoms with Gasteiger partial charge in [0.25, 0.3) is 0 Å². The smallest absolute Gasteiger partial charge is 0.338 e. The van der Waals surface area contributed by atoms with Gasteiger partial charge in [0.1, 0.15) is 5.60 Å². The van der Waals surface area contributed by atoms with Crippen molar-refractivity contribution in [2.75, 3.05) is 6.61 Å². The molecular formula is C16H22O5. The third kappa shape index (κ3) is 4.70. The van der Waals surface area contributed by atoms with Crippen LogP contribution < -0.4 is 0 Å². The number of hydrogen-bond acceptors (Lipinski definition) is 4. The molecule has 2 rings (SSSR count). The summed E-state index contributed by atoms with van der Waals surface area (Å²) in [6.07, 6.45) is 6.08. The van der Waals surface area contributed by atoms with Crippen LogP contribution in [0.15, 0.2) is 23.8 Å². The summed E-state index contributed by atoms with van der Waals surface area (Å²) in [7, 11) is 0. The molecule has 2 aliphatic rings. The molecule has 2 fully saturated rings. The number of rotatable bonds is 9. The minimum Gasteiger partial charge on any atom is -0.478 e. The van der Waals surface area contributed by atoms with Gasteiger partial charge in [-0.15, -0.1) is 0 Å².